The maximum absolute atomic E-state index is 13.4. The molecule has 0 aliphatic carbocycles. The molecule has 0 bridgehead atoms. The monoisotopic (exact) mass is 496 g/mol. The van der Waals surface area contributed by atoms with Crippen molar-refractivity contribution in [2.24, 2.45) is 4.99 Å². The van der Waals surface area contributed by atoms with Crippen LogP contribution in [0.25, 0.3) is 6.08 Å². The molecule has 1 heterocycles. The number of ether oxygens (including phenoxy) is 2. The van der Waals surface area contributed by atoms with Crippen LogP contribution in [0.15, 0.2) is 81.9 Å². The number of hydrogen-bond donors (Lipinski definition) is 0. The Balaban J connectivity index is 1.85. The van der Waals surface area contributed by atoms with Crippen LogP contribution < -0.4 is 14.4 Å². The quantitative estimate of drug-likeness (QED) is 0.409. The summed E-state index contributed by atoms with van der Waals surface area (Å²) in [6, 6.07) is 20.1. The predicted molar refractivity (Wildman–Crippen MR) is 127 cm³/mol. The first-order valence-corrected chi connectivity index (χ1v) is 10.6. The van der Waals surface area contributed by atoms with Gasteiger partial charge >= 0.3 is 0 Å². The molecule has 0 unspecified atom stereocenters. The Morgan fingerprint density at radius 1 is 1.00 bits per heavy atom. The van der Waals surface area contributed by atoms with Crippen LogP contribution in [0.3, 0.4) is 0 Å². The summed E-state index contributed by atoms with van der Waals surface area (Å²) in [5, 5.41) is 0.591. The van der Waals surface area contributed by atoms with E-state index in [1.807, 2.05) is 36.4 Å². The molecule has 156 valence electrons. The molecule has 0 fully saturated rings. The van der Waals surface area contributed by atoms with E-state index in [9.17, 15) is 4.79 Å². The molecule has 4 rings (SSSR count). The summed E-state index contributed by atoms with van der Waals surface area (Å²) < 4.78 is 11.6. The molecule has 1 amide bonds. The number of benzene rings is 3. The van der Waals surface area contributed by atoms with Gasteiger partial charge in [-0.3, -0.25) is 9.69 Å². The molecule has 3 aromatic rings. The van der Waals surface area contributed by atoms with E-state index in [-0.39, 0.29) is 5.91 Å². The lowest BCUT2D eigenvalue weighted by atomic mass is 10.1. The number of nitrogens with zero attached hydrogens (tertiary/aromatic N) is 2. The van der Waals surface area contributed by atoms with Crippen LogP contribution in [0.5, 0.6) is 11.5 Å². The second-order valence-corrected chi connectivity index (χ2v) is 7.96. The van der Waals surface area contributed by atoms with Crippen molar-refractivity contribution < 1.29 is 14.3 Å². The van der Waals surface area contributed by atoms with E-state index in [0.29, 0.717) is 33.7 Å². The Morgan fingerprint density at radius 3 is 2.42 bits per heavy atom. The van der Waals surface area contributed by atoms with Crippen molar-refractivity contribution in [1.29, 1.82) is 0 Å². The number of amides is 1. The van der Waals surface area contributed by atoms with Gasteiger partial charge in [0.05, 0.1) is 19.9 Å². The molecule has 31 heavy (non-hydrogen) atoms. The first-order valence-electron chi connectivity index (χ1n) is 9.39. The highest BCUT2D eigenvalue weighted by Crippen LogP contribution is 2.33. The van der Waals surface area contributed by atoms with E-state index in [0.717, 1.165) is 15.6 Å². The van der Waals surface area contributed by atoms with Gasteiger partial charge in [0.25, 0.3) is 5.91 Å². The number of rotatable bonds is 5. The van der Waals surface area contributed by atoms with E-state index < -0.39 is 0 Å². The highest BCUT2D eigenvalue weighted by Gasteiger charge is 2.33. The molecule has 3 aromatic carbocycles. The average Bonchev–Trinajstić information content (AvgIpc) is 3.10. The molecule has 1 aliphatic heterocycles. The van der Waals surface area contributed by atoms with Crippen LogP contribution in [-0.4, -0.2) is 26.0 Å². The summed E-state index contributed by atoms with van der Waals surface area (Å²) in [4.78, 5) is 19.7. The standard InChI is InChI=1S/C24H18BrClN2O3/c1-30-18-12-7-15(22(14-18)31-2)13-21-24(29)28(17-10-8-16(26)9-11-17)23(27-21)19-5-3-4-6-20(19)25/h3-14H,1-2H3/b21-13+. The topological polar surface area (TPSA) is 51.1 Å². The molecule has 7 heteroatoms. The molecule has 5 nitrogen and oxygen atoms in total. The van der Waals surface area contributed by atoms with E-state index in [2.05, 4.69) is 15.9 Å². The Labute approximate surface area is 193 Å². The third-order valence-electron chi connectivity index (χ3n) is 4.79. The van der Waals surface area contributed by atoms with Crippen LogP contribution in [0.4, 0.5) is 5.69 Å². The highest BCUT2D eigenvalue weighted by atomic mass is 79.9. The van der Waals surface area contributed by atoms with Gasteiger partial charge in [-0.15, -0.1) is 0 Å². The molecule has 0 spiro atoms. The summed E-state index contributed by atoms with van der Waals surface area (Å²) in [7, 11) is 3.16. The van der Waals surface area contributed by atoms with Crippen molar-refractivity contribution in [3.05, 3.63) is 93.0 Å². The number of methoxy groups -OCH3 is 2. The molecule has 1 aliphatic rings. The number of hydrogen-bond acceptors (Lipinski definition) is 4. The smallest absolute Gasteiger partial charge is 0.282 e. The molecule has 0 atom stereocenters. The number of amidine groups is 1. The molecule has 0 radical (unpaired) electrons. The second kappa shape index (κ2) is 8.96. The number of carbonyl (C=O) groups excluding carboxylic acids is 1. The number of aliphatic imine (C=N–C) groups is 1. The predicted octanol–water partition coefficient (Wildman–Crippen LogP) is 5.95. The van der Waals surface area contributed by atoms with E-state index in [1.54, 1.807) is 55.5 Å². The lowest BCUT2D eigenvalue weighted by molar-refractivity contribution is -0.113. The van der Waals surface area contributed by atoms with Crippen molar-refractivity contribution in [1.82, 2.24) is 0 Å². The molecule has 0 saturated carbocycles. The maximum atomic E-state index is 13.4. The fourth-order valence-corrected chi connectivity index (χ4v) is 3.84. The van der Waals surface area contributed by atoms with Gasteiger partial charge in [0.15, 0.2) is 0 Å². The van der Waals surface area contributed by atoms with Gasteiger partial charge in [0.2, 0.25) is 0 Å². The summed E-state index contributed by atoms with van der Waals surface area (Å²) in [6.07, 6.45) is 1.72. The molecular weight excluding hydrogens is 480 g/mol. The van der Waals surface area contributed by atoms with Crippen molar-refractivity contribution in [3.8, 4) is 11.5 Å². The van der Waals surface area contributed by atoms with Gasteiger partial charge < -0.3 is 9.47 Å². The van der Waals surface area contributed by atoms with Gasteiger partial charge in [0, 0.05) is 26.7 Å². The average molecular weight is 498 g/mol. The minimum absolute atomic E-state index is 0.244. The first-order chi connectivity index (χ1) is 15.0. The lowest BCUT2D eigenvalue weighted by Crippen LogP contribution is -2.32. The Morgan fingerprint density at radius 2 is 1.74 bits per heavy atom. The Kier molecular flexibility index (Phi) is 6.11. The molecule has 0 N–H and O–H groups in total. The van der Waals surface area contributed by atoms with Crippen molar-refractivity contribution in [3.63, 3.8) is 0 Å². The molecular formula is C24H18BrClN2O3. The largest absolute Gasteiger partial charge is 0.497 e. The normalized spacial score (nSPS) is 14.7. The minimum Gasteiger partial charge on any atom is -0.497 e. The van der Waals surface area contributed by atoms with Gasteiger partial charge in [-0.25, -0.2) is 4.99 Å². The van der Waals surface area contributed by atoms with E-state index in [1.165, 1.54) is 0 Å². The van der Waals surface area contributed by atoms with Crippen molar-refractivity contribution >= 4 is 51.0 Å². The second-order valence-electron chi connectivity index (χ2n) is 6.67. The van der Waals surface area contributed by atoms with Crippen molar-refractivity contribution in [2.75, 3.05) is 19.1 Å². The zero-order valence-electron chi connectivity index (χ0n) is 16.8. The summed E-state index contributed by atoms with van der Waals surface area (Å²) in [6.45, 7) is 0. The van der Waals surface area contributed by atoms with Gasteiger partial charge in [0.1, 0.15) is 23.0 Å². The Hall–Kier alpha value is -3.09. The zero-order chi connectivity index (χ0) is 22.0. The number of anilines is 1. The van der Waals surface area contributed by atoms with Crippen LogP contribution in [-0.2, 0) is 4.79 Å². The fraction of sp³-hybridized carbons (Fsp3) is 0.0833. The van der Waals surface area contributed by atoms with E-state index in [4.69, 9.17) is 26.1 Å². The minimum atomic E-state index is -0.244. The van der Waals surface area contributed by atoms with Crippen LogP contribution in [0, 0.1) is 0 Å². The molecule has 0 saturated heterocycles. The lowest BCUT2D eigenvalue weighted by Gasteiger charge is -2.19. The number of halogens is 2. The zero-order valence-corrected chi connectivity index (χ0v) is 19.1. The third kappa shape index (κ3) is 4.22. The summed E-state index contributed by atoms with van der Waals surface area (Å²) in [5.74, 6) is 1.53. The summed E-state index contributed by atoms with van der Waals surface area (Å²) >= 11 is 9.62. The van der Waals surface area contributed by atoms with Crippen LogP contribution >= 0.6 is 27.5 Å². The highest BCUT2D eigenvalue weighted by molar-refractivity contribution is 9.10. The maximum Gasteiger partial charge on any atom is 0.282 e. The van der Waals surface area contributed by atoms with Crippen LogP contribution in [0.1, 0.15) is 11.1 Å². The number of carbonyl (C=O) groups is 1. The Bertz CT molecular complexity index is 1210. The first kappa shape index (κ1) is 21.2. The van der Waals surface area contributed by atoms with Crippen molar-refractivity contribution in [2.45, 2.75) is 0 Å². The third-order valence-corrected chi connectivity index (χ3v) is 5.74. The van der Waals surface area contributed by atoms with Gasteiger partial charge in [-0.2, -0.15) is 0 Å². The van der Waals surface area contributed by atoms with Crippen LogP contribution in [0.2, 0.25) is 5.02 Å². The molecule has 0 aromatic heterocycles. The van der Waals surface area contributed by atoms with E-state index >= 15 is 0 Å². The van der Waals surface area contributed by atoms with Gasteiger partial charge in [-0.05, 0) is 48.5 Å². The fourth-order valence-electron chi connectivity index (χ4n) is 3.25. The summed E-state index contributed by atoms with van der Waals surface area (Å²) in [5.41, 5.74) is 2.49. The SMILES string of the molecule is COc1ccc(/C=C2/N=C(c3ccccc3Br)N(c3ccc(Cl)cc3)C2=O)c(OC)c1. The van der Waals surface area contributed by atoms with Gasteiger partial charge in [-0.1, -0.05) is 45.7 Å².